The highest BCUT2D eigenvalue weighted by molar-refractivity contribution is 5.94. The molecular weight excluding hydrogens is 260 g/mol. The lowest BCUT2D eigenvalue weighted by molar-refractivity contribution is 0.0563. The number of hydrogen-bond acceptors (Lipinski definition) is 2. The first kappa shape index (κ1) is 14.6. The van der Waals surface area contributed by atoms with E-state index < -0.39 is 0 Å². The van der Waals surface area contributed by atoms with Gasteiger partial charge in [-0.25, -0.2) is 0 Å². The maximum Gasteiger partial charge on any atom is 0.254 e. The standard InChI is InChI=1S/C18H26N2O/c1-13-8-9-15(12-14(13)2)18(21)20-11-4-3-7-17(20)16-6-5-10-19-16/h8-9,12,16-17,19H,3-7,10-11H2,1-2H3. The fourth-order valence-electron chi connectivity index (χ4n) is 3.71. The van der Waals surface area contributed by atoms with Crippen LogP contribution in [0.2, 0.25) is 0 Å². The Bertz CT molecular complexity index is 520. The number of carbonyl (C=O) groups is 1. The van der Waals surface area contributed by atoms with Crippen LogP contribution in [-0.4, -0.2) is 36.0 Å². The van der Waals surface area contributed by atoms with Crippen molar-refractivity contribution in [2.75, 3.05) is 13.1 Å². The molecule has 1 amide bonds. The number of nitrogens with one attached hydrogen (secondary N) is 1. The summed E-state index contributed by atoms with van der Waals surface area (Å²) in [5.41, 5.74) is 3.30. The number of benzene rings is 1. The molecule has 0 saturated carbocycles. The predicted molar refractivity (Wildman–Crippen MR) is 85.6 cm³/mol. The molecule has 0 bridgehead atoms. The molecule has 3 nitrogen and oxygen atoms in total. The van der Waals surface area contributed by atoms with Crippen molar-refractivity contribution in [3.63, 3.8) is 0 Å². The van der Waals surface area contributed by atoms with Crippen LogP contribution in [0.5, 0.6) is 0 Å². The van der Waals surface area contributed by atoms with Crippen molar-refractivity contribution in [2.45, 2.75) is 58.0 Å². The Kier molecular flexibility index (Phi) is 4.29. The Hall–Kier alpha value is -1.35. The molecule has 2 unspecified atom stereocenters. The minimum absolute atomic E-state index is 0.219. The molecule has 2 fully saturated rings. The van der Waals surface area contributed by atoms with E-state index in [1.54, 1.807) is 0 Å². The molecule has 0 aliphatic carbocycles. The molecule has 2 atom stereocenters. The lowest BCUT2D eigenvalue weighted by atomic mass is 9.93. The van der Waals surface area contributed by atoms with Crippen molar-refractivity contribution >= 4 is 5.91 Å². The Morgan fingerprint density at radius 3 is 2.71 bits per heavy atom. The second kappa shape index (κ2) is 6.18. The smallest absolute Gasteiger partial charge is 0.254 e. The first-order chi connectivity index (χ1) is 10.2. The first-order valence-corrected chi connectivity index (χ1v) is 8.28. The van der Waals surface area contributed by atoms with Crippen LogP contribution in [0.1, 0.15) is 53.6 Å². The number of rotatable bonds is 2. The van der Waals surface area contributed by atoms with Gasteiger partial charge in [0, 0.05) is 24.2 Å². The minimum atomic E-state index is 0.219. The number of hydrogen-bond donors (Lipinski definition) is 1. The molecule has 2 aliphatic rings. The molecule has 1 N–H and O–H groups in total. The summed E-state index contributed by atoms with van der Waals surface area (Å²) in [6.45, 7) is 6.19. The summed E-state index contributed by atoms with van der Waals surface area (Å²) in [5, 5.41) is 3.59. The van der Waals surface area contributed by atoms with Crippen LogP contribution in [0.4, 0.5) is 0 Å². The first-order valence-electron chi connectivity index (χ1n) is 8.28. The van der Waals surface area contributed by atoms with Gasteiger partial charge >= 0.3 is 0 Å². The van der Waals surface area contributed by atoms with Gasteiger partial charge in [-0.2, -0.15) is 0 Å². The van der Waals surface area contributed by atoms with Gasteiger partial charge in [0.05, 0.1) is 0 Å². The van der Waals surface area contributed by atoms with Crippen molar-refractivity contribution in [2.24, 2.45) is 0 Å². The van der Waals surface area contributed by atoms with Gasteiger partial charge in [-0.15, -0.1) is 0 Å². The maximum atomic E-state index is 12.9. The summed E-state index contributed by atoms with van der Waals surface area (Å²) in [5.74, 6) is 0.219. The van der Waals surface area contributed by atoms with Gasteiger partial charge in [0.25, 0.3) is 5.91 Å². The molecule has 3 rings (SSSR count). The van der Waals surface area contributed by atoms with Crippen LogP contribution in [0.15, 0.2) is 18.2 Å². The predicted octanol–water partition coefficient (Wildman–Crippen LogP) is 3.05. The van der Waals surface area contributed by atoms with E-state index in [4.69, 9.17) is 0 Å². The second-order valence-electron chi connectivity index (χ2n) is 6.56. The number of amides is 1. The average Bonchev–Trinajstić information content (AvgIpc) is 3.03. The van der Waals surface area contributed by atoms with Crippen LogP contribution in [0, 0.1) is 13.8 Å². The third kappa shape index (κ3) is 2.98. The summed E-state index contributed by atoms with van der Waals surface area (Å²) in [7, 11) is 0. The van der Waals surface area contributed by atoms with Crippen molar-refractivity contribution in [3.05, 3.63) is 34.9 Å². The molecule has 0 spiro atoms. The van der Waals surface area contributed by atoms with Gasteiger partial charge < -0.3 is 10.2 Å². The highest BCUT2D eigenvalue weighted by Gasteiger charge is 2.34. The summed E-state index contributed by atoms with van der Waals surface area (Å²) in [4.78, 5) is 15.1. The molecular formula is C18H26N2O. The SMILES string of the molecule is Cc1ccc(C(=O)N2CCCCC2C2CCCN2)cc1C. The fourth-order valence-corrected chi connectivity index (χ4v) is 3.71. The summed E-state index contributed by atoms with van der Waals surface area (Å²) < 4.78 is 0. The fraction of sp³-hybridized carbons (Fsp3) is 0.611. The number of carbonyl (C=O) groups excluding carboxylic acids is 1. The van der Waals surface area contributed by atoms with Crippen LogP contribution in [-0.2, 0) is 0 Å². The van der Waals surface area contributed by atoms with Crippen molar-refractivity contribution in [3.8, 4) is 0 Å². The third-order valence-electron chi connectivity index (χ3n) is 5.13. The van der Waals surface area contributed by atoms with Crippen LogP contribution in [0.3, 0.4) is 0 Å². The molecule has 2 saturated heterocycles. The summed E-state index contributed by atoms with van der Waals surface area (Å²) >= 11 is 0. The Morgan fingerprint density at radius 2 is 2.00 bits per heavy atom. The van der Waals surface area contributed by atoms with E-state index in [2.05, 4.69) is 30.1 Å². The Morgan fingerprint density at radius 1 is 1.14 bits per heavy atom. The molecule has 114 valence electrons. The van der Waals surface area contributed by atoms with E-state index in [0.717, 1.165) is 31.5 Å². The third-order valence-corrected chi connectivity index (χ3v) is 5.13. The number of piperidine rings is 1. The van der Waals surface area contributed by atoms with Crippen LogP contribution in [0.25, 0.3) is 0 Å². The zero-order valence-corrected chi connectivity index (χ0v) is 13.2. The topological polar surface area (TPSA) is 32.3 Å². The quantitative estimate of drug-likeness (QED) is 0.906. The lowest BCUT2D eigenvalue weighted by Gasteiger charge is -2.39. The Labute approximate surface area is 127 Å². The molecule has 2 heterocycles. The summed E-state index contributed by atoms with van der Waals surface area (Å²) in [6.07, 6.45) is 5.99. The molecule has 0 aromatic heterocycles. The normalized spacial score (nSPS) is 26.1. The van der Waals surface area contributed by atoms with E-state index in [1.807, 2.05) is 12.1 Å². The maximum absolute atomic E-state index is 12.9. The van der Waals surface area contributed by atoms with E-state index in [-0.39, 0.29) is 5.91 Å². The molecule has 2 aliphatic heterocycles. The molecule has 21 heavy (non-hydrogen) atoms. The highest BCUT2D eigenvalue weighted by atomic mass is 16.2. The zero-order valence-electron chi connectivity index (χ0n) is 13.2. The molecule has 1 aromatic rings. The molecule has 3 heteroatoms. The largest absolute Gasteiger partial charge is 0.334 e. The monoisotopic (exact) mass is 286 g/mol. The number of nitrogens with zero attached hydrogens (tertiary/aromatic N) is 1. The molecule has 0 radical (unpaired) electrons. The van der Waals surface area contributed by atoms with E-state index in [1.165, 1.54) is 30.4 Å². The van der Waals surface area contributed by atoms with Crippen molar-refractivity contribution in [1.29, 1.82) is 0 Å². The van der Waals surface area contributed by atoms with Crippen molar-refractivity contribution < 1.29 is 4.79 Å². The van der Waals surface area contributed by atoms with Gasteiger partial charge in [0.2, 0.25) is 0 Å². The Balaban J connectivity index is 1.81. The van der Waals surface area contributed by atoms with Crippen LogP contribution >= 0.6 is 0 Å². The van der Waals surface area contributed by atoms with Gasteiger partial charge in [0.1, 0.15) is 0 Å². The number of aryl methyl sites for hydroxylation is 2. The van der Waals surface area contributed by atoms with Crippen LogP contribution < -0.4 is 5.32 Å². The zero-order chi connectivity index (χ0) is 14.8. The van der Waals surface area contributed by atoms with Gasteiger partial charge in [-0.3, -0.25) is 4.79 Å². The van der Waals surface area contributed by atoms with E-state index in [0.29, 0.717) is 12.1 Å². The van der Waals surface area contributed by atoms with E-state index in [9.17, 15) is 4.79 Å². The summed E-state index contributed by atoms with van der Waals surface area (Å²) in [6, 6.07) is 6.98. The number of likely N-dealkylation sites (tertiary alicyclic amines) is 1. The van der Waals surface area contributed by atoms with Crippen molar-refractivity contribution in [1.82, 2.24) is 10.2 Å². The average molecular weight is 286 g/mol. The van der Waals surface area contributed by atoms with Gasteiger partial charge in [-0.05, 0) is 75.8 Å². The van der Waals surface area contributed by atoms with E-state index >= 15 is 0 Å². The molecule has 1 aromatic carbocycles. The lowest BCUT2D eigenvalue weighted by Crippen LogP contribution is -2.52. The highest BCUT2D eigenvalue weighted by Crippen LogP contribution is 2.26. The van der Waals surface area contributed by atoms with Gasteiger partial charge in [-0.1, -0.05) is 6.07 Å². The minimum Gasteiger partial charge on any atom is -0.334 e. The second-order valence-corrected chi connectivity index (χ2v) is 6.56. The van der Waals surface area contributed by atoms with Gasteiger partial charge in [0.15, 0.2) is 0 Å².